The number of rotatable bonds is 2. The molecule has 0 heterocycles. The van der Waals surface area contributed by atoms with Gasteiger partial charge in [0.05, 0.1) is 15.7 Å². The highest BCUT2D eigenvalue weighted by atomic mass is 35.5. The number of fused-ring (bicyclic) bond motifs is 1. The van der Waals surface area contributed by atoms with Crippen molar-refractivity contribution >= 4 is 51.4 Å². The predicted molar refractivity (Wildman–Crippen MR) is 93.1 cm³/mol. The lowest BCUT2D eigenvalue weighted by Gasteiger charge is -2.10. The summed E-state index contributed by atoms with van der Waals surface area (Å²) in [6.07, 6.45) is 0. The number of carbonyl (C=O) groups excluding carboxylic acids is 1. The van der Waals surface area contributed by atoms with E-state index in [4.69, 9.17) is 23.2 Å². The monoisotopic (exact) mass is 330 g/mol. The van der Waals surface area contributed by atoms with Gasteiger partial charge in [-0.05, 0) is 29.7 Å². The number of hydrogen-bond acceptors (Lipinski definition) is 1. The first-order valence-corrected chi connectivity index (χ1v) is 7.40. The van der Waals surface area contributed by atoms with Crippen LogP contribution in [0.4, 0.5) is 16.2 Å². The topological polar surface area (TPSA) is 41.1 Å². The molecule has 3 aromatic carbocycles. The van der Waals surface area contributed by atoms with Gasteiger partial charge in [0, 0.05) is 11.1 Å². The van der Waals surface area contributed by atoms with Gasteiger partial charge in [-0.15, -0.1) is 0 Å². The molecule has 0 saturated carbocycles. The molecule has 0 unspecified atom stereocenters. The fourth-order valence-corrected chi connectivity index (χ4v) is 2.49. The van der Waals surface area contributed by atoms with E-state index in [-0.39, 0.29) is 6.03 Å². The number of urea groups is 1. The van der Waals surface area contributed by atoms with E-state index < -0.39 is 0 Å². The molecule has 3 aromatic rings. The molecule has 110 valence electrons. The second-order valence-electron chi connectivity index (χ2n) is 4.73. The maximum atomic E-state index is 12.1. The molecule has 0 aliphatic carbocycles. The van der Waals surface area contributed by atoms with Crippen molar-refractivity contribution in [3.8, 4) is 0 Å². The lowest BCUT2D eigenvalue weighted by molar-refractivity contribution is 0.262. The maximum Gasteiger partial charge on any atom is 0.323 e. The molecule has 2 N–H and O–H groups in total. The van der Waals surface area contributed by atoms with E-state index in [1.165, 1.54) is 0 Å². The van der Waals surface area contributed by atoms with Gasteiger partial charge in [-0.3, -0.25) is 0 Å². The van der Waals surface area contributed by atoms with Gasteiger partial charge in [-0.1, -0.05) is 59.6 Å². The molecule has 3 nitrogen and oxygen atoms in total. The highest BCUT2D eigenvalue weighted by Gasteiger charge is 2.07. The van der Waals surface area contributed by atoms with Gasteiger partial charge in [-0.25, -0.2) is 4.79 Å². The van der Waals surface area contributed by atoms with Crippen LogP contribution in [-0.2, 0) is 0 Å². The highest BCUT2D eigenvalue weighted by molar-refractivity contribution is 6.42. The van der Waals surface area contributed by atoms with E-state index in [9.17, 15) is 4.79 Å². The molecule has 5 heteroatoms. The van der Waals surface area contributed by atoms with Crippen LogP contribution < -0.4 is 10.6 Å². The minimum absolute atomic E-state index is 0.338. The molecule has 0 aliphatic rings. The SMILES string of the molecule is O=C(Nc1ccc(Cl)c(Cl)c1)Nc1cccc2ccccc12. The molecular formula is C17H12Cl2N2O. The van der Waals surface area contributed by atoms with Crippen molar-refractivity contribution in [2.24, 2.45) is 0 Å². The van der Waals surface area contributed by atoms with Crippen LogP contribution in [0.15, 0.2) is 60.7 Å². The smallest absolute Gasteiger partial charge is 0.308 e. The number of benzene rings is 3. The minimum atomic E-state index is -0.338. The van der Waals surface area contributed by atoms with Crippen LogP contribution in [0, 0.1) is 0 Å². The van der Waals surface area contributed by atoms with Crippen molar-refractivity contribution in [3.63, 3.8) is 0 Å². The molecule has 22 heavy (non-hydrogen) atoms. The van der Waals surface area contributed by atoms with Gasteiger partial charge < -0.3 is 10.6 Å². The number of carbonyl (C=O) groups is 1. The largest absolute Gasteiger partial charge is 0.323 e. The molecule has 0 bridgehead atoms. The Morgan fingerprint density at radius 2 is 1.59 bits per heavy atom. The van der Waals surface area contributed by atoms with E-state index in [1.807, 2.05) is 42.5 Å². The zero-order valence-electron chi connectivity index (χ0n) is 11.4. The Kier molecular flexibility index (Phi) is 4.18. The highest BCUT2D eigenvalue weighted by Crippen LogP contribution is 2.26. The number of hydrogen-bond donors (Lipinski definition) is 2. The first-order chi connectivity index (χ1) is 10.6. The first kappa shape index (κ1) is 14.7. The average Bonchev–Trinajstić information content (AvgIpc) is 2.51. The summed E-state index contributed by atoms with van der Waals surface area (Å²) >= 11 is 11.8. The van der Waals surface area contributed by atoms with E-state index in [0.717, 1.165) is 16.5 Å². The zero-order valence-corrected chi connectivity index (χ0v) is 12.9. The summed E-state index contributed by atoms with van der Waals surface area (Å²) in [7, 11) is 0. The Hall–Kier alpha value is -2.23. The average molecular weight is 331 g/mol. The molecule has 3 rings (SSSR count). The van der Waals surface area contributed by atoms with E-state index in [1.54, 1.807) is 18.2 Å². The molecule has 0 fully saturated rings. The Balaban J connectivity index is 1.80. The van der Waals surface area contributed by atoms with E-state index in [0.29, 0.717) is 15.7 Å². The molecule has 0 radical (unpaired) electrons. The minimum Gasteiger partial charge on any atom is -0.308 e. The van der Waals surface area contributed by atoms with Crippen molar-refractivity contribution < 1.29 is 4.79 Å². The zero-order chi connectivity index (χ0) is 15.5. The van der Waals surface area contributed by atoms with Crippen LogP contribution in [0.5, 0.6) is 0 Å². The Labute approximate surface area is 137 Å². The second-order valence-corrected chi connectivity index (χ2v) is 5.55. The van der Waals surface area contributed by atoms with Gasteiger partial charge in [0.1, 0.15) is 0 Å². The van der Waals surface area contributed by atoms with Gasteiger partial charge in [0.25, 0.3) is 0 Å². The lowest BCUT2D eigenvalue weighted by atomic mass is 10.1. The van der Waals surface area contributed by atoms with Gasteiger partial charge >= 0.3 is 6.03 Å². The summed E-state index contributed by atoms with van der Waals surface area (Å²) in [6, 6.07) is 18.2. The number of anilines is 2. The molecule has 0 saturated heterocycles. The van der Waals surface area contributed by atoms with E-state index in [2.05, 4.69) is 10.6 Å². The summed E-state index contributed by atoms with van der Waals surface area (Å²) in [6.45, 7) is 0. The van der Waals surface area contributed by atoms with Gasteiger partial charge in [0.15, 0.2) is 0 Å². The molecular weight excluding hydrogens is 319 g/mol. The second kappa shape index (κ2) is 6.26. The summed E-state index contributed by atoms with van der Waals surface area (Å²) in [4.78, 5) is 12.1. The fourth-order valence-electron chi connectivity index (χ4n) is 2.19. The van der Waals surface area contributed by atoms with E-state index >= 15 is 0 Å². The third-order valence-electron chi connectivity index (χ3n) is 3.22. The number of nitrogens with one attached hydrogen (secondary N) is 2. The van der Waals surface area contributed by atoms with Crippen LogP contribution in [0.3, 0.4) is 0 Å². The molecule has 0 aliphatic heterocycles. The summed E-state index contributed by atoms with van der Waals surface area (Å²) in [5.41, 5.74) is 1.32. The molecule has 0 spiro atoms. The normalized spacial score (nSPS) is 10.5. The van der Waals surface area contributed by atoms with Crippen LogP contribution in [-0.4, -0.2) is 6.03 Å². The van der Waals surface area contributed by atoms with Crippen molar-refractivity contribution in [3.05, 3.63) is 70.7 Å². The van der Waals surface area contributed by atoms with Gasteiger partial charge in [-0.2, -0.15) is 0 Å². The molecule has 2 amide bonds. The Morgan fingerprint density at radius 3 is 2.41 bits per heavy atom. The summed E-state index contributed by atoms with van der Waals surface area (Å²) in [5, 5.41) is 8.46. The van der Waals surface area contributed by atoms with Crippen molar-refractivity contribution in [1.29, 1.82) is 0 Å². The molecule has 0 atom stereocenters. The van der Waals surface area contributed by atoms with Crippen LogP contribution in [0.1, 0.15) is 0 Å². The van der Waals surface area contributed by atoms with Crippen LogP contribution >= 0.6 is 23.2 Å². The van der Waals surface area contributed by atoms with Crippen LogP contribution in [0.2, 0.25) is 10.0 Å². The Morgan fingerprint density at radius 1 is 0.818 bits per heavy atom. The maximum absolute atomic E-state index is 12.1. The number of amides is 2. The summed E-state index contributed by atoms with van der Waals surface area (Å²) < 4.78 is 0. The third-order valence-corrected chi connectivity index (χ3v) is 3.95. The van der Waals surface area contributed by atoms with Crippen molar-refractivity contribution in [1.82, 2.24) is 0 Å². The van der Waals surface area contributed by atoms with Crippen LogP contribution in [0.25, 0.3) is 10.8 Å². The first-order valence-electron chi connectivity index (χ1n) is 6.64. The number of halogens is 2. The predicted octanol–water partition coefficient (Wildman–Crippen LogP) is 5.79. The Bertz CT molecular complexity index is 844. The van der Waals surface area contributed by atoms with Crippen molar-refractivity contribution in [2.75, 3.05) is 10.6 Å². The van der Waals surface area contributed by atoms with Crippen molar-refractivity contribution in [2.45, 2.75) is 0 Å². The quantitative estimate of drug-likeness (QED) is 0.613. The third kappa shape index (κ3) is 3.16. The standard InChI is InChI=1S/C17H12Cl2N2O/c18-14-9-8-12(10-15(14)19)20-17(22)21-16-7-3-5-11-4-1-2-6-13(11)16/h1-10H,(H2,20,21,22). The fraction of sp³-hybridized carbons (Fsp3) is 0. The molecule has 0 aromatic heterocycles. The van der Waals surface area contributed by atoms with Gasteiger partial charge in [0.2, 0.25) is 0 Å². The summed E-state index contributed by atoms with van der Waals surface area (Å²) in [5.74, 6) is 0. The lowest BCUT2D eigenvalue weighted by Crippen LogP contribution is -2.19.